The highest BCUT2D eigenvalue weighted by molar-refractivity contribution is 14.1. The van der Waals surface area contributed by atoms with Crippen molar-refractivity contribution in [2.24, 2.45) is 11.7 Å². The molecule has 1 fully saturated rings. The number of hydrogen-bond acceptors (Lipinski definition) is 8. The Balaban J connectivity index is 1.41. The van der Waals surface area contributed by atoms with Gasteiger partial charge < -0.3 is 16.0 Å². The number of likely N-dealkylation sites (tertiary alicyclic amines) is 1. The molecular formula is C29H28BrIN8O4. The van der Waals surface area contributed by atoms with Crippen LogP contribution in [0.25, 0.3) is 22.0 Å². The highest BCUT2D eigenvalue weighted by Gasteiger charge is 2.44. The number of alkyl halides is 1. The second kappa shape index (κ2) is 12.4. The Bertz CT molecular complexity index is 1760. The third-order valence-electron chi connectivity index (χ3n) is 7.22. The quantitative estimate of drug-likeness (QED) is 0.0900. The maximum absolute atomic E-state index is 13.8. The average molecular weight is 759 g/mol. The van der Waals surface area contributed by atoms with Gasteiger partial charge in [-0.25, -0.2) is 15.0 Å². The van der Waals surface area contributed by atoms with Gasteiger partial charge in [-0.1, -0.05) is 35.6 Å². The normalized spacial score (nSPS) is 18.2. The number of nitrogens with two attached hydrogens (primary N) is 1. The van der Waals surface area contributed by atoms with Crippen molar-refractivity contribution in [3.8, 4) is 11.1 Å². The summed E-state index contributed by atoms with van der Waals surface area (Å²) in [7, 11) is 0. The van der Waals surface area contributed by atoms with Crippen LogP contribution in [0.5, 0.6) is 0 Å². The Morgan fingerprint density at radius 3 is 2.51 bits per heavy atom. The van der Waals surface area contributed by atoms with Crippen LogP contribution in [-0.4, -0.2) is 63.2 Å². The Labute approximate surface area is 269 Å². The largest absolute Gasteiger partial charge is 0.369 e. The first-order valence-electron chi connectivity index (χ1n) is 13.4. The number of carbonyl (C=O) groups excluding carboxylic acids is 4. The smallest absolute Gasteiger partial charge is 0.248 e. The van der Waals surface area contributed by atoms with Gasteiger partial charge in [0.15, 0.2) is 5.78 Å². The molecule has 3 aromatic heterocycles. The van der Waals surface area contributed by atoms with E-state index in [0.717, 1.165) is 11.1 Å². The maximum Gasteiger partial charge on any atom is 0.248 e. The third kappa shape index (κ3) is 6.59. The molecule has 4 heterocycles. The SMILES string of the molecule is CC(=O)c1nn(CC(=O)N2[C@H](I)[C@@H](C)C[C@H]2C(=O)Nc2cc(CC(N)=O)cc(Br)n2)c2ccc(-c3cnc(C)nc3)cc12. The summed E-state index contributed by atoms with van der Waals surface area (Å²) in [6, 6.07) is 8.01. The van der Waals surface area contributed by atoms with Crippen LogP contribution in [0, 0.1) is 12.8 Å². The van der Waals surface area contributed by atoms with Crippen LogP contribution >= 0.6 is 38.5 Å². The minimum atomic E-state index is -0.757. The standard InChI is InChI=1S/C29H28BrIN8O4/c1-14-6-22(29(43)36-25-9-17(8-24(32)41)7-23(30)35-25)39(28(14)31)26(42)13-38-21-5-4-18(19-11-33-16(3)34-12-19)10-20(21)27(37-38)15(2)40/h4-5,7,9-12,14,22,28H,6,8,13H2,1-3H3,(H2,32,41)(H,35,36,43)/t14-,22-,28-/m0/s1. The van der Waals surface area contributed by atoms with Gasteiger partial charge in [0, 0.05) is 30.3 Å². The van der Waals surface area contributed by atoms with Crippen LogP contribution in [0.3, 0.4) is 0 Å². The number of pyridine rings is 1. The van der Waals surface area contributed by atoms with Gasteiger partial charge >= 0.3 is 0 Å². The van der Waals surface area contributed by atoms with E-state index < -0.39 is 17.9 Å². The molecule has 0 unspecified atom stereocenters. The maximum atomic E-state index is 13.8. The molecule has 5 rings (SSSR count). The number of ketones is 1. The summed E-state index contributed by atoms with van der Waals surface area (Å²) in [6.07, 6.45) is 3.87. The summed E-state index contributed by atoms with van der Waals surface area (Å²) in [6.45, 7) is 5.06. The van der Waals surface area contributed by atoms with E-state index in [1.165, 1.54) is 11.6 Å². The molecule has 1 aliphatic heterocycles. The van der Waals surface area contributed by atoms with Crippen molar-refractivity contribution >= 4 is 78.7 Å². The van der Waals surface area contributed by atoms with E-state index in [0.29, 0.717) is 33.3 Å². The predicted molar refractivity (Wildman–Crippen MR) is 171 cm³/mol. The highest BCUT2D eigenvalue weighted by atomic mass is 127. The molecule has 3 atom stereocenters. The Morgan fingerprint density at radius 2 is 1.84 bits per heavy atom. The fourth-order valence-electron chi connectivity index (χ4n) is 5.19. The van der Waals surface area contributed by atoms with Crippen LogP contribution in [0.1, 0.15) is 42.1 Å². The average Bonchev–Trinajstić information content (AvgIpc) is 3.44. The molecule has 3 N–H and O–H groups in total. The van der Waals surface area contributed by atoms with Crippen molar-refractivity contribution in [3.63, 3.8) is 0 Å². The minimum absolute atomic E-state index is 0.00867. The van der Waals surface area contributed by atoms with Crippen LogP contribution in [0.4, 0.5) is 5.82 Å². The number of aromatic nitrogens is 5. The molecular weight excluding hydrogens is 731 g/mol. The Morgan fingerprint density at radius 1 is 1.12 bits per heavy atom. The van der Waals surface area contributed by atoms with E-state index in [1.807, 2.05) is 25.1 Å². The summed E-state index contributed by atoms with van der Waals surface area (Å²) in [5.74, 6) is -0.508. The number of primary amides is 1. The number of hydrogen-bond donors (Lipinski definition) is 2. The summed E-state index contributed by atoms with van der Waals surface area (Å²) < 4.78 is 1.70. The van der Waals surface area contributed by atoms with Gasteiger partial charge in [-0.15, -0.1) is 0 Å². The number of nitrogens with one attached hydrogen (secondary N) is 1. The molecule has 14 heteroatoms. The van der Waals surface area contributed by atoms with E-state index >= 15 is 0 Å². The lowest BCUT2D eigenvalue weighted by atomic mass is 10.0. The number of halogens is 2. The summed E-state index contributed by atoms with van der Waals surface area (Å²) in [5, 5.41) is 7.91. The lowest BCUT2D eigenvalue weighted by molar-refractivity contribution is -0.137. The number of carbonyl (C=O) groups is 4. The van der Waals surface area contributed by atoms with Crippen molar-refractivity contribution in [1.82, 2.24) is 29.6 Å². The molecule has 0 spiro atoms. The Hall–Kier alpha value is -3.79. The highest BCUT2D eigenvalue weighted by Crippen LogP contribution is 2.35. The molecule has 0 aliphatic carbocycles. The van der Waals surface area contributed by atoms with Crippen LogP contribution in [0.2, 0.25) is 0 Å². The molecule has 1 aliphatic rings. The van der Waals surface area contributed by atoms with Gasteiger partial charge in [0.05, 0.1) is 16.0 Å². The van der Waals surface area contributed by atoms with E-state index in [4.69, 9.17) is 5.73 Å². The predicted octanol–water partition coefficient (Wildman–Crippen LogP) is 3.83. The van der Waals surface area contributed by atoms with Crippen LogP contribution < -0.4 is 11.1 Å². The van der Waals surface area contributed by atoms with E-state index in [-0.39, 0.29) is 46.1 Å². The zero-order valence-electron chi connectivity index (χ0n) is 23.5. The molecule has 0 radical (unpaired) electrons. The summed E-state index contributed by atoms with van der Waals surface area (Å²) >= 11 is 5.48. The van der Waals surface area contributed by atoms with Crippen LogP contribution in [0.15, 0.2) is 47.3 Å². The van der Waals surface area contributed by atoms with Gasteiger partial charge in [-0.2, -0.15) is 5.10 Å². The van der Waals surface area contributed by atoms with Crippen molar-refractivity contribution in [2.45, 2.75) is 50.2 Å². The minimum Gasteiger partial charge on any atom is -0.369 e. The first kappa shape index (κ1) is 30.7. The van der Waals surface area contributed by atoms with Gasteiger partial charge in [0.2, 0.25) is 17.7 Å². The van der Waals surface area contributed by atoms with Crippen LogP contribution in [-0.2, 0) is 27.3 Å². The number of Topliss-reactive ketones (excluding diaryl/α,β-unsaturated/α-hetero) is 1. The molecule has 222 valence electrons. The Kier molecular flexibility index (Phi) is 8.87. The number of aryl methyl sites for hydroxylation is 1. The van der Waals surface area contributed by atoms with E-state index in [1.54, 1.807) is 36.4 Å². The molecule has 3 amide bonds. The zero-order valence-corrected chi connectivity index (χ0v) is 27.3. The molecule has 12 nitrogen and oxygen atoms in total. The molecule has 4 aromatic rings. The first-order chi connectivity index (χ1) is 20.4. The molecule has 1 saturated heterocycles. The number of fused-ring (bicyclic) bond motifs is 1. The number of amides is 3. The number of benzene rings is 1. The molecule has 0 bridgehead atoms. The summed E-state index contributed by atoms with van der Waals surface area (Å²) in [4.78, 5) is 65.6. The number of anilines is 1. The second-order valence-corrected chi connectivity index (χ2v) is 12.6. The van der Waals surface area contributed by atoms with Gasteiger partial charge in [-0.05, 0) is 70.6 Å². The van der Waals surface area contributed by atoms with Gasteiger partial charge in [0.1, 0.15) is 34.5 Å². The van der Waals surface area contributed by atoms with Crippen molar-refractivity contribution in [3.05, 3.63) is 64.4 Å². The third-order valence-corrected chi connectivity index (χ3v) is 9.46. The number of rotatable bonds is 8. The molecule has 1 aromatic carbocycles. The molecule has 0 saturated carbocycles. The lowest BCUT2D eigenvalue weighted by Crippen LogP contribution is -2.47. The lowest BCUT2D eigenvalue weighted by Gasteiger charge is -2.27. The zero-order chi connectivity index (χ0) is 31.0. The van der Waals surface area contributed by atoms with Crippen molar-refractivity contribution in [2.75, 3.05) is 5.32 Å². The van der Waals surface area contributed by atoms with Crippen molar-refractivity contribution < 1.29 is 19.2 Å². The topological polar surface area (TPSA) is 166 Å². The van der Waals surface area contributed by atoms with E-state index in [9.17, 15) is 19.2 Å². The van der Waals surface area contributed by atoms with Gasteiger partial charge in [-0.3, -0.25) is 23.9 Å². The fourth-order valence-corrected chi connectivity index (χ4v) is 6.66. The number of nitrogens with zero attached hydrogens (tertiary/aromatic N) is 6. The fraction of sp³-hybridized carbons (Fsp3) is 0.310. The van der Waals surface area contributed by atoms with Gasteiger partial charge in [0.25, 0.3) is 0 Å². The first-order valence-corrected chi connectivity index (χ1v) is 15.5. The molecule has 43 heavy (non-hydrogen) atoms. The monoisotopic (exact) mass is 758 g/mol. The van der Waals surface area contributed by atoms with E-state index in [2.05, 4.69) is 63.9 Å². The second-order valence-electron chi connectivity index (χ2n) is 10.5. The summed E-state index contributed by atoms with van der Waals surface area (Å²) in [5.41, 5.74) is 8.40. The van der Waals surface area contributed by atoms with Crippen molar-refractivity contribution in [1.29, 1.82) is 0 Å².